The van der Waals surface area contributed by atoms with Crippen molar-refractivity contribution in [1.82, 2.24) is 9.88 Å². The van der Waals surface area contributed by atoms with Gasteiger partial charge in [0.15, 0.2) is 0 Å². The second-order valence-corrected chi connectivity index (χ2v) is 8.70. The maximum Gasteiger partial charge on any atom is 0.229 e. The monoisotopic (exact) mass is 390 g/mol. The van der Waals surface area contributed by atoms with Crippen molar-refractivity contribution in [2.24, 2.45) is 0 Å². The van der Waals surface area contributed by atoms with Crippen molar-refractivity contribution in [2.45, 2.75) is 13.0 Å². The predicted molar refractivity (Wildman–Crippen MR) is 107 cm³/mol. The number of aliphatic hydroxyl groups is 1. The minimum Gasteiger partial charge on any atom is -0.387 e. The number of hydrogen-bond donors (Lipinski definition) is 2. The van der Waals surface area contributed by atoms with E-state index in [1.165, 1.54) is 5.69 Å². The highest BCUT2D eigenvalue weighted by molar-refractivity contribution is 7.92. The van der Waals surface area contributed by atoms with Gasteiger partial charge in [0.05, 0.1) is 12.4 Å². The molecule has 2 heterocycles. The Bertz CT molecular complexity index is 863. The average Bonchev–Trinajstić information content (AvgIpc) is 2.61. The third kappa shape index (κ3) is 5.66. The number of aromatic nitrogens is 1. The van der Waals surface area contributed by atoms with E-state index in [0.717, 1.165) is 43.7 Å². The van der Waals surface area contributed by atoms with Crippen molar-refractivity contribution in [3.05, 3.63) is 53.9 Å². The van der Waals surface area contributed by atoms with E-state index in [-0.39, 0.29) is 0 Å². The molecule has 1 atom stereocenters. The van der Waals surface area contributed by atoms with Crippen LogP contribution in [0.1, 0.15) is 17.4 Å². The van der Waals surface area contributed by atoms with E-state index in [1.807, 2.05) is 19.2 Å². The van der Waals surface area contributed by atoms with Crippen molar-refractivity contribution in [2.75, 3.05) is 48.6 Å². The molecule has 0 aliphatic carbocycles. The number of aryl methyl sites for hydroxylation is 1. The number of aliphatic hydroxyl groups excluding tert-OH is 1. The van der Waals surface area contributed by atoms with Crippen LogP contribution in [0.5, 0.6) is 0 Å². The molecule has 2 N–H and O–H groups in total. The van der Waals surface area contributed by atoms with E-state index in [9.17, 15) is 13.5 Å². The van der Waals surface area contributed by atoms with Crippen LogP contribution in [0.3, 0.4) is 0 Å². The summed E-state index contributed by atoms with van der Waals surface area (Å²) >= 11 is 0. The first kappa shape index (κ1) is 19.6. The summed E-state index contributed by atoms with van der Waals surface area (Å²) in [6.45, 7) is 6.13. The number of β-amino-alcohol motifs (C(OH)–C–C–N with tert-alkyl or cyclic N) is 1. The lowest BCUT2D eigenvalue weighted by Crippen LogP contribution is -2.47. The van der Waals surface area contributed by atoms with Crippen molar-refractivity contribution in [1.29, 1.82) is 0 Å². The molecular weight excluding hydrogens is 364 g/mol. The van der Waals surface area contributed by atoms with E-state index >= 15 is 0 Å². The van der Waals surface area contributed by atoms with Gasteiger partial charge in [0, 0.05) is 56.0 Å². The molecule has 7 nitrogen and oxygen atoms in total. The Morgan fingerprint density at radius 3 is 2.41 bits per heavy atom. The first-order valence-corrected chi connectivity index (χ1v) is 10.8. The number of piperazine rings is 1. The molecule has 2 aromatic rings. The minimum atomic E-state index is -3.29. The summed E-state index contributed by atoms with van der Waals surface area (Å²) in [4.78, 5) is 8.82. The zero-order valence-corrected chi connectivity index (χ0v) is 16.5. The highest BCUT2D eigenvalue weighted by atomic mass is 32.2. The van der Waals surface area contributed by atoms with Gasteiger partial charge in [0.25, 0.3) is 0 Å². The van der Waals surface area contributed by atoms with Crippen LogP contribution in [0, 0.1) is 6.92 Å². The Morgan fingerprint density at radius 2 is 1.81 bits per heavy atom. The molecular formula is C19H26N4O3S. The van der Waals surface area contributed by atoms with Gasteiger partial charge in [-0.25, -0.2) is 8.42 Å². The SMILES string of the molecule is Cc1cc(N2CCN(CC(O)c3ccc(NS(C)(=O)=O)cc3)CC2)ccn1. The van der Waals surface area contributed by atoms with Gasteiger partial charge in [-0.3, -0.25) is 14.6 Å². The second kappa shape index (κ2) is 8.24. The Kier molecular flexibility index (Phi) is 5.98. The van der Waals surface area contributed by atoms with Crippen LogP contribution < -0.4 is 9.62 Å². The molecule has 1 fully saturated rings. The predicted octanol–water partition coefficient (Wildman–Crippen LogP) is 1.62. The van der Waals surface area contributed by atoms with Crippen LogP contribution in [-0.4, -0.2) is 62.4 Å². The van der Waals surface area contributed by atoms with Crippen molar-refractivity contribution < 1.29 is 13.5 Å². The normalized spacial score (nSPS) is 16.9. The number of pyridine rings is 1. The van der Waals surface area contributed by atoms with Crippen LogP contribution in [0.15, 0.2) is 42.6 Å². The van der Waals surface area contributed by atoms with Crippen LogP contribution >= 0.6 is 0 Å². The summed E-state index contributed by atoms with van der Waals surface area (Å²) in [7, 11) is -3.29. The zero-order chi connectivity index (χ0) is 19.4. The standard InChI is InChI=1S/C19H26N4O3S/c1-15-13-18(7-8-20-15)23-11-9-22(10-12-23)14-19(24)16-3-5-17(6-4-16)21-27(2,25)26/h3-8,13,19,21,24H,9-12,14H2,1-2H3. The number of rotatable bonds is 6. The molecule has 1 aliphatic heterocycles. The first-order valence-electron chi connectivity index (χ1n) is 8.96. The summed E-state index contributed by atoms with van der Waals surface area (Å²) in [5, 5.41) is 10.5. The number of anilines is 2. The third-order valence-electron chi connectivity index (χ3n) is 4.65. The van der Waals surface area contributed by atoms with Crippen LogP contribution in [0.2, 0.25) is 0 Å². The van der Waals surface area contributed by atoms with Gasteiger partial charge in [-0.1, -0.05) is 12.1 Å². The second-order valence-electron chi connectivity index (χ2n) is 6.96. The fourth-order valence-corrected chi connectivity index (χ4v) is 3.82. The zero-order valence-electron chi connectivity index (χ0n) is 15.7. The quantitative estimate of drug-likeness (QED) is 0.780. The molecule has 3 rings (SSSR count). The Hall–Kier alpha value is -2.16. The van der Waals surface area contributed by atoms with Gasteiger partial charge in [0.2, 0.25) is 10.0 Å². The van der Waals surface area contributed by atoms with Crippen LogP contribution in [-0.2, 0) is 10.0 Å². The lowest BCUT2D eigenvalue weighted by atomic mass is 10.1. The lowest BCUT2D eigenvalue weighted by Gasteiger charge is -2.37. The Morgan fingerprint density at radius 1 is 1.15 bits per heavy atom. The third-order valence-corrected chi connectivity index (χ3v) is 5.25. The van der Waals surface area contributed by atoms with Crippen molar-refractivity contribution in [3.63, 3.8) is 0 Å². The van der Waals surface area contributed by atoms with E-state index in [2.05, 4.69) is 25.6 Å². The minimum absolute atomic E-state index is 0.495. The van der Waals surface area contributed by atoms with Crippen LogP contribution in [0.25, 0.3) is 0 Å². The number of sulfonamides is 1. The maximum atomic E-state index is 11.3. The van der Waals surface area contributed by atoms with Crippen LogP contribution in [0.4, 0.5) is 11.4 Å². The molecule has 0 saturated carbocycles. The molecule has 1 aromatic heterocycles. The van der Waals surface area contributed by atoms with Gasteiger partial charge >= 0.3 is 0 Å². The van der Waals surface area contributed by atoms with Crippen molar-refractivity contribution >= 4 is 21.4 Å². The molecule has 1 aliphatic rings. The Balaban J connectivity index is 1.52. The molecule has 8 heteroatoms. The van der Waals surface area contributed by atoms with Gasteiger partial charge < -0.3 is 10.0 Å². The number of benzene rings is 1. The summed E-state index contributed by atoms with van der Waals surface area (Å²) in [5.41, 5.74) is 3.48. The molecule has 0 bridgehead atoms. The molecule has 1 aromatic carbocycles. The Labute approximate surface area is 160 Å². The highest BCUT2D eigenvalue weighted by Gasteiger charge is 2.20. The molecule has 1 saturated heterocycles. The van der Waals surface area contributed by atoms with E-state index < -0.39 is 16.1 Å². The summed E-state index contributed by atoms with van der Waals surface area (Å²) in [6, 6.07) is 11.0. The van der Waals surface area contributed by atoms with Gasteiger partial charge in [0.1, 0.15) is 0 Å². The van der Waals surface area contributed by atoms with E-state index in [1.54, 1.807) is 24.3 Å². The maximum absolute atomic E-state index is 11.3. The smallest absolute Gasteiger partial charge is 0.229 e. The largest absolute Gasteiger partial charge is 0.387 e. The van der Waals surface area contributed by atoms with Gasteiger partial charge in [-0.2, -0.15) is 0 Å². The fraction of sp³-hybridized carbons (Fsp3) is 0.421. The van der Waals surface area contributed by atoms with Gasteiger partial charge in [-0.15, -0.1) is 0 Å². The highest BCUT2D eigenvalue weighted by Crippen LogP contribution is 2.20. The molecule has 0 amide bonds. The molecule has 146 valence electrons. The number of nitrogens with zero attached hydrogens (tertiary/aromatic N) is 3. The topological polar surface area (TPSA) is 85.8 Å². The summed E-state index contributed by atoms with van der Waals surface area (Å²) in [5.74, 6) is 0. The molecule has 27 heavy (non-hydrogen) atoms. The number of nitrogens with one attached hydrogen (secondary N) is 1. The first-order chi connectivity index (χ1) is 12.8. The van der Waals surface area contributed by atoms with Crippen molar-refractivity contribution in [3.8, 4) is 0 Å². The number of hydrogen-bond acceptors (Lipinski definition) is 6. The summed E-state index contributed by atoms with van der Waals surface area (Å²) < 4.78 is 24.9. The fourth-order valence-electron chi connectivity index (χ4n) is 3.25. The van der Waals surface area contributed by atoms with Gasteiger partial charge in [-0.05, 0) is 36.8 Å². The lowest BCUT2D eigenvalue weighted by molar-refractivity contribution is 0.109. The molecule has 1 unspecified atom stereocenters. The van der Waals surface area contributed by atoms with E-state index in [4.69, 9.17) is 0 Å². The average molecular weight is 391 g/mol. The summed E-state index contributed by atoms with van der Waals surface area (Å²) in [6.07, 6.45) is 2.35. The molecule has 0 radical (unpaired) electrons. The van der Waals surface area contributed by atoms with E-state index in [0.29, 0.717) is 12.2 Å². The molecule has 0 spiro atoms.